The van der Waals surface area contributed by atoms with Crippen molar-refractivity contribution in [3.63, 3.8) is 0 Å². The molecule has 28 heavy (non-hydrogen) atoms. The summed E-state index contributed by atoms with van der Waals surface area (Å²) in [6.07, 6.45) is 2.86. The second kappa shape index (κ2) is 9.80. The van der Waals surface area contributed by atoms with E-state index in [0.717, 1.165) is 27.1 Å². The zero-order valence-corrected chi connectivity index (χ0v) is 17.5. The quantitative estimate of drug-likeness (QED) is 0.269. The van der Waals surface area contributed by atoms with Crippen molar-refractivity contribution in [1.82, 2.24) is 4.98 Å². The molecule has 0 aliphatic heterocycles. The normalized spacial score (nSPS) is 10.8. The van der Waals surface area contributed by atoms with Crippen LogP contribution in [0.2, 0.25) is 5.15 Å². The average molecular weight is 416 g/mol. The summed E-state index contributed by atoms with van der Waals surface area (Å²) in [4.78, 5) is 17.7. The van der Waals surface area contributed by atoms with Gasteiger partial charge in [-0.25, -0.2) is 4.98 Å². The molecule has 3 aromatic rings. The molecule has 0 aliphatic carbocycles. The second-order valence-corrected chi connectivity index (χ2v) is 7.44. The molecule has 6 heteroatoms. The Morgan fingerprint density at radius 2 is 1.96 bits per heavy atom. The number of hydrogen-bond acceptors (Lipinski definition) is 5. The molecule has 0 aliphatic rings. The SMILES string of the molecule is CCOc1ccccc1CCC(=O)OCc1cc2ccc(SC)cc2nc1Cl. The maximum Gasteiger partial charge on any atom is 0.306 e. The Morgan fingerprint density at radius 1 is 1.14 bits per heavy atom. The van der Waals surface area contributed by atoms with Crippen LogP contribution in [0, 0.1) is 0 Å². The van der Waals surface area contributed by atoms with E-state index in [1.54, 1.807) is 11.8 Å². The first-order valence-corrected chi connectivity index (χ1v) is 10.7. The van der Waals surface area contributed by atoms with Crippen molar-refractivity contribution in [2.45, 2.75) is 31.3 Å². The van der Waals surface area contributed by atoms with Crippen LogP contribution >= 0.6 is 23.4 Å². The molecule has 0 fully saturated rings. The van der Waals surface area contributed by atoms with Gasteiger partial charge < -0.3 is 9.47 Å². The lowest BCUT2D eigenvalue weighted by atomic mass is 10.1. The molecule has 3 rings (SSSR count). The van der Waals surface area contributed by atoms with Crippen LogP contribution in [0.4, 0.5) is 0 Å². The highest BCUT2D eigenvalue weighted by Crippen LogP contribution is 2.25. The summed E-state index contributed by atoms with van der Waals surface area (Å²) < 4.78 is 11.0. The third kappa shape index (κ3) is 5.18. The monoisotopic (exact) mass is 415 g/mol. The van der Waals surface area contributed by atoms with Gasteiger partial charge in [0.15, 0.2) is 0 Å². The first-order valence-electron chi connectivity index (χ1n) is 9.10. The number of rotatable bonds is 8. The van der Waals surface area contributed by atoms with Gasteiger partial charge in [-0.1, -0.05) is 35.9 Å². The Kier molecular flexibility index (Phi) is 7.18. The number of aryl methyl sites for hydroxylation is 1. The van der Waals surface area contributed by atoms with E-state index in [-0.39, 0.29) is 19.0 Å². The van der Waals surface area contributed by atoms with Crippen molar-refractivity contribution < 1.29 is 14.3 Å². The molecule has 4 nitrogen and oxygen atoms in total. The van der Waals surface area contributed by atoms with Gasteiger partial charge in [0.1, 0.15) is 17.5 Å². The number of thioether (sulfide) groups is 1. The maximum absolute atomic E-state index is 12.2. The van der Waals surface area contributed by atoms with Crippen LogP contribution in [-0.2, 0) is 22.6 Å². The highest BCUT2D eigenvalue weighted by atomic mass is 35.5. The fourth-order valence-corrected chi connectivity index (χ4v) is 3.50. The van der Waals surface area contributed by atoms with Crippen LogP contribution in [-0.4, -0.2) is 23.8 Å². The minimum absolute atomic E-state index is 0.109. The van der Waals surface area contributed by atoms with E-state index < -0.39 is 0 Å². The number of nitrogens with zero attached hydrogens (tertiary/aromatic N) is 1. The summed E-state index contributed by atoms with van der Waals surface area (Å²) in [5.41, 5.74) is 2.53. The minimum Gasteiger partial charge on any atom is -0.494 e. The van der Waals surface area contributed by atoms with Crippen LogP contribution in [0.1, 0.15) is 24.5 Å². The minimum atomic E-state index is -0.278. The molecule has 0 bridgehead atoms. The Bertz CT molecular complexity index is 977. The number of halogens is 1. The largest absolute Gasteiger partial charge is 0.494 e. The lowest BCUT2D eigenvalue weighted by molar-refractivity contribution is -0.144. The van der Waals surface area contributed by atoms with E-state index in [1.807, 2.05) is 61.7 Å². The van der Waals surface area contributed by atoms with E-state index in [1.165, 1.54) is 0 Å². The molecule has 0 radical (unpaired) electrons. The number of hydrogen-bond donors (Lipinski definition) is 0. The second-order valence-electron chi connectivity index (χ2n) is 6.20. The van der Waals surface area contributed by atoms with Crippen LogP contribution < -0.4 is 4.74 Å². The van der Waals surface area contributed by atoms with E-state index in [4.69, 9.17) is 21.1 Å². The Morgan fingerprint density at radius 3 is 2.75 bits per heavy atom. The molecule has 1 heterocycles. The molecule has 0 saturated carbocycles. The van der Waals surface area contributed by atoms with E-state index in [2.05, 4.69) is 4.98 Å². The number of fused-ring (bicyclic) bond motifs is 1. The molecule has 0 saturated heterocycles. The fourth-order valence-electron chi connectivity index (χ4n) is 2.87. The van der Waals surface area contributed by atoms with E-state index in [0.29, 0.717) is 23.7 Å². The highest BCUT2D eigenvalue weighted by molar-refractivity contribution is 7.98. The van der Waals surface area contributed by atoms with Gasteiger partial charge in [0, 0.05) is 22.3 Å². The Balaban J connectivity index is 1.61. The number of carbonyl (C=O) groups is 1. The van der Waals surface area contributed by atoms with E-state index in [9.17, 15) is 4.79 Å². The van der Waals surface area contributed by atoms with Gasteiger partial charge in [-0.15, -0.1) is 11.8 Å². The third-order valence-electron chi connectivity index (χ3n) is 4.31. The smallest absolute Gasteiger partial charge is 0.306 e. The molecule has 0 amide bonds. The van der Waals surface area contributed by atoms with E-state index >= 15 is 0 Å². The predicted molar refractivity (Wildman–Crippen MR) is 114 cm³/mol. The third-order valence-corrected chi connectivity index (χ3v) is 5.36. The summed E-state index contributed by atoms with van der Waals surface area (Å²) >= 11 is 7.94. The number of esters is 1. The number of benzene rings is 2. The molecule has 1 aromatic heterocycles. The topological polar surface area (TPSA) is 48.4 Å². The van der Waals surface area contributed by atoms with Gasteiger partial charge in [0.2, 0.25) is 0 Å². The number of carbonyl (C=O) groups excluding carboxylic acids is 1. The van der Waals surface area contributed by atoms with Crippen LogP contribution in [0.3, 0.4) is 0 Å². The first kappa shape index (κ1) is 20.5. The van der Waals surface area contributed by atoms with Crippen LogP contribution in [0.15, 0.2) is 53.4 Å². The molecule has 0 atom stereocenters. The molecule has 0 N–H and O–H groups in total. The number of aromatic nitrogens is 1. The van der Waals surface area contributed by atoms with Crippen molar-refractivity contribution in [2.24, 2.45) is 0 Å². The first-order chi connectivity index (χ1) is 13.6. The molecular formula is C22H22ClNO3S. The zero-order chi connectivity index (χ0) is 19.9. The predicted octanol–water partition coefficient (Wildman–Crippen LogP) is 5.68. The Labute approximate surface area is 174 Å². The average Bonchev–Trinajstić information content (AvgIpc) is 2.71. The lowest BCUT2D eigenvalue weighted by Gasteiger charge is -2.10. The summed E-state index contributed by atoms with van der Waals surface area (Å²) in [5, 5.41) is 1.33. The molecule has 146 valence electrons. The number of para-hydroxylation sites is 1. The van der Waals surface area contributed by atoms with Gasteiger partial charge in [-0.05, 0) is 49.4 Å². The van der Waals surface area contributed by atoms with Crippen LogP contribution in [0.5, 0.6) is 5.75 Å². The molecule has 0 spiro atoms. The van der Waals surface area contributed by atoms with Crippen LogP contribution in [0.25, 0.3) is 10.9 Å². The summed E-state index contributed by atoms with van der Waals surface area (Å²) in [7, 11) is 0. The summed E-state index contributed by atoms with van der Waals surface area (Å²) in [6.45, 7) is 2.64. The van der Waals surface area contributed by atoms with Gasteiger partial charge in [-0.2, -0.15) is 0 Å². The fraction of sp³-hybridized carbons (Fsp3) is 0.273. The van der Waals surface area contributed by atoms with Crippen molar-refractivity contribution in [2.75, 3.05) is 12.9 Å². The van der Waals surface area contributed by atoms with Crippen molar-refractivity contribution >= 4 is 40.2 Å². The van der Waals surface area contributed by atoms with Gasteiger partial charge in [0.05, 0.1) is 12.1 Å². The number of ether oxygens (including phenoxy) is 2. The summed E-state index contributed by atoms with van der Waals surface area (Å²) in [5.74, 6) is 0.532. The molecule has 0 unspecified atom stereocenters. The maximum atomic E-state index is 12.2. The van der Waals surface area contributed by atoms with Crippen molar-refractivity contribution in [3.05, 3.63) is 64.8 Å². The number of pyridine rings is 1. The highest BCUT2D eigenvalue weighted by Gasteiger charge is 2.11. The van der Waals surface area contributed by atoms with Crippen molar-refractivity contribution in [3.8, 4) is 5.75 Å². The summed E-state index contributed by atoms with van der Waals surface area (Å²) in [6, 6.07) is 15.7. The van der Waals surface area contributed by atoms with Gasteiger partial charge >= 0.3 is 5.97 Å². The zero-order valence-electron chi connectivity index (χ0n) is 15.9. The lowest BCUT2D eigenvalue weighted by Crippen LogP contribution is -2.07. The van der Waals surface area contributed by atoms with Gasteiger partial charge in [0.25, 0.3) is 0 Å². The van der Waals surface area contributed by atoms with Gasteiger partial charge in [-0.3, -0.25) is 4.79 Å². The standard InChI is InChI=1S/C22H22ClNO3S/c1-3-26-20-7-5-4-6-15(20)9-11-21(25)27-14-17-12-16-8-10-18(28-2)13-19(16)24-22(17)23/h4-8,10,12-13H,3,9,11,14H2,1-2H3. The molecule has 2 aromatic carbocycles. The molecular weight excluding hydrogens is 394 g/mol. The Hall–Kier alpha value is -2.24. The van der Waals surface area contributed by atoms with Crippen molar-refractivity contribution in [1.29, 1.82) is 0 Å².